The monoisotopic (exact) mass is 414 g/mol. The molecule has 0 saturated carbocycles. The maximum absolute atomic E-state index is 11.6. The lowest BCUT2D eigenvalue weighted by Gasteiger charge is -2.19. The number of sulfonamides is 1. The Bertz CT molecular complexity index is 710. The highest BCUT2D eigenvalue weighted by Gasteiger charge is 2.13. The lowest BCUT2D eigenvalue weighted by molar-refractivity contribution is 0.219. The van der Waals surface area contributed by atoms with Crippen molar-refractivity contribution in [2.75, 3.05) is 46.1 Å². The first kappa shape index (κ1) is 24.0. The van der Waals surface area contributed by atoms with Gasteiger partial charge in [0.2, 0.25) is 10.0 Å². The van der Waals surface area contributed by atoms with Gasteiger partial charge in [-0.1, -0.05) is 19.1 Å². The fourth-order valence-electron chi connectivity index (χ4n) is 2.55. The second-order valence-corrected chi connectivity index (χ2v) is 8.32. The maximum Gasteiger partial charge on any atom is 0.211 e. The summed E-state index contributed by atoms with van der Waals surface area (Å²) in [5, 5.41) is 6.41. The van der Waals surface area contributed by atoms with E-state index in [9.17, 15) is 8.42 Å². The van der Waals surface area contributed by atoms with Crippen molar-refractivity contribution >= 4 is 16.0 Å². The Balaban J connectivity index is 2.52. The number of rotatable bonds is 12. The van der Waals surface area contributed by atoms with E-state index in [0.717, 1.165) is 6.54 Å². The topological polar surface area (TPSA) is 92.3 Å². The van der Waals surface area contributed by atoms with Crippen LogP contribution in [0, 0.1) is 0 Å². The van der Waals surface area contributed by atoms with Gasteiger partial charge in [0.05, 0.1) is 19.9 Å². The van der Waals surface area contributed by atoms with Crippen LogP contribution < -0.4 is 20.1 Å². The molecule has 28 heavy (non-hydrogen) atoms. The van der Waals surface area contributed by atoms with E-state index in [1.54, 1.807) is 7.11 Å². The molecule has 0 heterocycles. The minimum atomic E-state index is -3.15. The fraction of sp³-hybridized carbons (Fsp3) is 0.632. The van der Waals surface area contributed by atoms with Crippen molar-refractivity contribution in [3.8, 4) is 11.5 Å². The van der Waals surface area contributed by atoms with E-state index in [0.29, 0.717) is 50.1 Å². The molecule has 0 amide bonds. The number of hydrogen-bond donors (Lipinski definition) is 2. The zero-order chi connectivity index (χ0) is 21.0. The first-order valence-electron chi connectivity index (χ1n) is 9.58. The molecule has 0 radical (unpaired) electrons. The van der Waals surface area contributed by atoms with Gasteiger partial charge in [-0.2, -0.15) is 0 Å². The van der Waals surface area contributed by atoms with Crippen LogP contribution in [0.15, 0.2) is 29.3 Å². The van der Waals surface area contributed by atoms with Crippen LogP contribution in [0.4, 0.5) is 0 Å². The van der Waals surface area contributed by atoms with Crippen molar-refractivity contribution in [3.05, 3.63) is 24.3 Å². The molecule has 0 spiro atoms. The summed E-state index contributed by atoms with van der Waals surface area (Å²) >= 11 is 0. The van der Waals surface area contributed by atoms with Crippen LogP contribution >= 0.6 is 0 Å². The Morgan fingerprint density at radius 2 is 1.89 bits per heavy atom. The van der Waals surface area contributed by atoms with Gasteiger partial charge in [0.1, 0.15) is 6.10 Å². The van der Waals surface area contributed by atoms with E-state index in [2.05, 4.69) is 15.6 Å². The average molecular weight is 415 g/mol. The van der Waals surface area contributed by atoms with Crippen LogP contribution in [0.1, 0.15) is 27.2 Å². The number of hydrogen-bond acceptors (Lipinski definition) is 5. The van der Waals surface area contributed by atoms with Crippen molar-refractivity contribution in [1.82, 2.24) is 14.9 Å². The number of nitrogens with one attached hydrogen (secondary N) is 2. The van der Waals surface area contributed by atoms with E-state index in [1.165, 1.54) is 10.6 Å². The molecule has 0 aliphatic heterocycles. The molecule has 1 atom stereocenters. The number of methoxy groups -OCH3 is 1. The molecule has 1 rings (SSSR count). The van der Waals surface area contributed by atoms with E-state index in [-0.39, 0.29) is 6.10 Å². The van der Waals surface area contributed by atoms with Gasteiger partial charge < -0.3 is 20.1 Å². The normalized spacial score (nSPS) is 13.3. The van der Waals surface area contributed by atoms with Crippen molar-refractivity contribution in [3.63, 3.8) is 0 Å². The number of guanidine groups is 1. The molecule has 1 unspecified atom stereocenters. The Morgan fingerprint density at radius 3 is 2.46 bits per heavy atom. The maximum atomic E-state index is 11.6. The van der Waals surface area contributed by atoms with E-state index >= 15 is 0 Å². The Hall–Kier alpha value is -2.00. The predicted molar refractivity (Wildman–Crippen MR) is 114 cm³/mol. The Kier molecular flexibility index (Phi) is 10.7. The molecule has 1 aromatic carbocycles. The van der Waals surface area contributed by atoms with Gasteiger partial charge >= 0.3 is 0 Å². The molecule has 1 aromatic rings. The Morgan fingerprint density at radius 1 is 1.21 bits per heavy atom. The summed E-state index contributed by atoms with van der Waals surface area (Å²) in [5.74, 6) is 2.06. The number of nitrogens with zero attached hydrogens (tertiary/aromatic N) is 2. The fourth-order valence-corrected chi connectivity index (χ4v) is 3.48. The van der Waals surface area contributed by atoms with Gasteiger partial charge in [0, 0.05) is 26.2 Å². The van der Waals surface area contributed by atoms with Crippen molar-refractivity contribution in [1.29, 1.82) is 0 Å². The zero-order valence-electron chi connectivity index (χ0n) is 17.6. The first-order valence-corrected chi connectivity index (χ1v) is 11.4. The van der Waals surface area contributed by atoms with Crippen LogP contribution in [-0.2, 0) is 10.0 Å². The lowest BCUT2D eigenvalue weighted by atomic mass is 10.3. The summed E-state index contributed by atoms with van der Waals surface area (Å²) in [6.45, 7) is 8.57. The lowest BCUT2D eigenvalue weighted by Crippen LogP contribution is -2.40. The van der Waals surface area contributed by atoms with Gasteiger partial charge in [-0.3, -0.25) is 0 Å². The smallest absolute Gasteiger partial charge is 0.211 e. The van der Waals surface area contributed by atoms with Crippen LogP contribution in [0.2, 0.25) is 0 Å². The predicted octanol–water partition coefficient (Wildman–Crippen LogP) is 1.69. The van der Waals surface area contributed by atoms with Crippen molar-refractivity contribution in [2.24, 2.45) is 4.99 Å². The summed E-state index contributed by atoms with van der Waals surface area (Å²) in [4.78, 5) is 4.55. The van der Waals surface area contributed by atoms with Crippen LogP contribution in [0.25, 0.3) is 0 Å². The van der Waals surface area contributed by atoms with E-state index in [4.69, 9.17) is 9.47 Å². The second kappa shape index (κ2) is 12.5. The third-order valence-corrected chi connectivity index (χ3v) is 5.33. The van der Waals surface area contributed by atoms with Crippen molar-refractivity contribution in [2.45, 2.75) is 33.3 Å². The summed E-state index contributed by atoms with van der Waals surface area (Å²) in [6.07, 6.45) is 1.80. The molecule has 0 aromatic heterocycles. The molecule has 0 bridgehead atoms. The highest BCUT2D eigenvalue weighted by molar-refractivity contribution is 7.88. The summed E-state index contributed by atoms with van der Waals surface area (Å²) in [6, 6.07) is 7.51. The molecule has 9 heteroatoms. The SMILES string of the molecule is CCNC(=NCC(C)Oc1ccccc1OC)NCCCN(CC)S(C)(=O)=O. The van der Waals surface area contributed by atoms with E-state index < -0.39 is 10.0 Å². The summed E-state index contributed by atoms with van der Waals surface area (Å²) in [5.41, 5.74) is 0. The van der Waals surface area contributed by atoms with Gasteiger partial charge in [0.15, 0.2) is 17.5 Å². The van der Waals surface area contributed by atoms with E-state index in [1.807, 2.05) is 45.0 Å². The standard InChI is InChI=1S/C19H34N4O4S/c1-6-20-19(21-13-10-14-23(7-2)28(5,24)25)22-15-16(3)27-18-12-9-8-11-17(18)26-4/h8-9,11-12,16H,6-7,10,13-15H2,1-5H3,(H2,20,21,22). The molecule has 0 fully saturated rings. The van der Waals surface area contributed by atoms with Gasteiger partial charge in [-0.15, -0.1) is 0 Å². The quantitative estimate of drug-likeness (QED) is 0.307. The average Bonchev–Trinajstić information content (AvgIpc) is 2.65. The number of para-hydroxylation sites is 2. The minimum Gasteiger partial charge on any atom is -0.493 e. The highest BCUT2D eigenvalue weighted by Crippen LogP contribution is 2.26. The first-order chi connectivity index (χ1) is 13.3. The third-order valence-electron chi connectivity index (χ3n) is 3.95. The summed E-state index contributed by atoms with van der Waals surface area (Å²) in [7, 11) is -1.54. The number of benzene rings is 1. The number of ether oxygens (including phenoxy) is 2. The number of aliphatic imine (C=N–C) groups is 1. The molecule has 0 aliphatic rings. The van der Waals surface area contributed by atoms with Gasteiger partial charge in [-0.25, -0.2) is 17.7 Å². The molecule has 160 valence electrons. The zero-order valence-corrected chi connectivity index (χ0v) is 18.4. The summed E-state index contributed by atoms with van der Waals surface area (Å²) < 4.78 is 35.9. The Labute approximate surface area is 169 Å². The van der Waals surface area contributed by atoms with Crippen molar-refractivity contribution < 1.29 is 17.9 Å². The molecule has 2 N–H and O–H groups in total. The van der Waals surface area contributed by atoms with Crippen LogP contribution in [0.3, 0.4) is 0 Å². The molecule has 0 saturated heterocycles. The van der Waals surface area contributed by atoms with Crippen LogP contribution in [0.5, 0.6) is 11.5 Å². The highest BCUT2D eigenvalue weighted by atomic mass is 32.2. The van der Waals surface area contributed by atoms with Gasteiger partial charge in [0.25, 0.3) is 0 Å². The molecule has 8 nitrogen and oxygen atoms in total. The van der Waals surface area contributed by atoms with Crippen LogP contribution in [-0.4, -0.2) is 70.9 Å². The molecule has 0 aliphatic carbocycles. The van der Waals surface area contributed by atoms with Gasteiger partial charge in [-0.05, 0) is 32.4 Å². The molecular formula is C19H34N4O4S. The minimum absolute atomic E-state index is 0.132. The second-order valence-electron chi connectivity index (χ2n) is 6.33. The largest absolute Gasteiger partial charge is 0.493 e. The third kappa shape index (κ3) is 8.79. The molecular weight excluding hydrogens is 380 g/mol.